The van der Waals surface area contributed by atoms with Gasteiger partial charge in [0.25, 0.3) is 0 Å². The first-order valence-electron chi connectivity index (χ1n) is 4.02. The lowest BCUT2D eigenvalue weighted by Gasteiger charge is -2.13. The molecule has 0 aliphatic rings. The second-order valence-corrected chi connectivity index (χ2v) is 3.67. The first-order chi connectivity index (χ1) is 7.61. The molecule has 0 saturated carbocycles. The summed E-state index contributed by atoms with van der Waals surface area (Å²) in [5, 5.41) is 0. The van der Waals surface area contributed by atoms with E-state index in [4.69, 9.17) is 0 Å². The van der Waals surface area contributed by atoms with Gasteiger partial charge in [-0.2, -0.15) is 26.3 Å². The van der Waals surface area contributed by atoms with E-state index < -0.39 is 34.9 Å². The van der Waals surface area contributed by atoms with Gasteiger partial charge >= 0.3 is 12.4 Å². The second kappa shape index (κ2) is 4.71. The van der Waals surface area contributed by atoms with Gasteiger partial charge in [-0.1, -0.05) is 0 Å². The van der Waals surface area contributed by atoms with E-state index in [2.05, 4.69) is 25.7 Å². The minimum absolute atomic E-state index is 0.629. The molecule has 1 rings (SSSR count). The Morgan fingerprint density at radius 3 is 2.24 bits per heavy atom. The molecule has 0 amide bonds. The van der Waals surface area contributed by atoms with E-state index in [1.165, 1.54) is 0 Å². The fourth-order valence-electron chi connectivity index (χ4n) is 0.894. The molecule has 1 heterocycles. The Kier molecular flexibility index (Phi) is 3.90. The van der Waals surface area contributed by atoms with E-state index >= 15 is 0 Å². The van der Waals surface area contributed by atoms with Gasteiger partial charge in [0.1, 0.15) is 0 Å². The average Bonchev–Trinajstić information content (AvgIpc) is 2.13. The summed E-state index contributed by atoms with van der Waals surface area (Å²) in [5.41, 5.74) is -1.15. The number of halogens is 7. The van der Waals surface area contributed by atoms with Crippen molar-refractivity contribution in [1.29, 1.82) is 0 Å². The highest BCUT2D eigenvalue weighted by atomic mass is 79.9. The van der Waals surface area contributed by atoms with E-state index in [0.29, 0.717) is 6.07 Å². The van der Waals surface area contributed by atoms with Gasteiger partial charge in [-0.05, 0) is 22.0 Å². The lowest BCUT2D eigenvalue weighted by Crippen LogP contribution is -2.20. The van der Waals surface area contributed by atoms with Crippen molar-refractivity contribution in [3.8, 4) is 5.88 Å². The van der Waals surface area contributed by atoms with E-state index in [-0.39, 0.29) is 0 Å². The predicted octanol–water partition coefficient (Wildman–Crippen LogP) is 3.80. The maximum absolute atomic E-state index is 12.4. The summed E-state index contributed by atoms with van der Waals surface area (Å²) in [6.07, 6.45) is -8.62. The van der Waals surface area contributed by atoms with Gasteiger partial charge in [-0.3, -0.25) is 0 Å². The minimum atomic E-state index is -4.70. The van der Waals surface area contributed by atoms with Crippen molar-refractivity contribution in [3.05, 3.63) is 22.3 Å². The number of hydrogen-bond donors (Lipinski definition) is 0. The second-order valence-electron chi connectivity index (χ2n) is 2.88. The number of pyridine rings is 1. The number of hydrogen-bond acceptors (Lipinski definition) is 2. The molecule has 0 aliphatic carbocycles. The van der Waals surface area contributed by atoms with Gasteiger partial charge in [0.05, 0.1) is 10.0 Å². The number of ether oxygens (including phenoxy) is 1. The Balaban J connectivity index is 2.96. The Morgan fingerprint density at radius 1 is 1.18 bits per heavy atom. The topological polar surface area (TPSA) is 22.1 Å². The molecule has 0 saturated heterocycles. The molecule has 0 fully saturated rings. The van der Waals surface area contributed by atoms with Crippen molar-refractivity contribution < 1.29 is 31.1 Å². The predicted molar refractivity (Wildman–Crippen MR) is 48.5 cm³/mol. The number of aromatic nitrogens is 1. The lowest BCUT2D eigenvalue weighted by atomic mass is 10.2. The molecule has 96 valence electrons. The molecular weight excluding hydrogens is 320 g/mol. The normalized spacial score (nSPS) is 12.6. The van der Waals surface area contributed by atoms with E-state index in [1.54, 1.807) is 0 Å². The van der Waals surface area contributed by atoms with E-state index in [1.807, 2.05) is 0 Å². The summed E-state index contributed by atoms with van der Waals surface area (Å²) in [6, 6.07) is 0.629. The molecule has 17 heavy (non-hydrogen) atoms. The average molecular weight is 324 g/mol. The molecule has 0 radical (unpaired) electrons. The van der Waals surface area contributed by atoms with Crippen molar-refractivity contribution in [2.45, 2.75) is 12.4 Å². The highest BCUT2D eigenvalue weighted by molar-refractivity contribution is 9.10. The van der Waals surface area contributed by atoms with E-state index in [9.17, 15) is 26.3 Å². The van der Waals surface area contributed by atoms with Gasteiger partial charge in [-0.15, -0.1) is 0 Å². The van der Waals surface area contributed by atoms with Gasteiger partial charge in [-0.25, -0.2) is 4.98 Å². The zero-order chi connectivity index (χ0) is 13.3. The third-order valence-electron chi connectivity index (χ3n) is 1.54. The van der Waals surface area contributed by atoms with Crippen molar-refractivity contribution in [1.82, 2.24) is 4.98 Å². The fourth-order valence-corrected chi connectivity index (χ4v) is 1.47. The summed E-state index contributed by atoms with van der Waals surface area (Å²) in [6.45, 7) is -1.71. The largest absolute Gasteiger partial charge is 0.467 e. The molecule has 1 aromatic rings. The zero-order valence-corrected chi connectivity index (χ0v) is 9.45. The van der Waals surface area contributed by atoms with Crippen molar-refractivity contribution in [2.75, 3.05) is 6.61 Å². The maximum atomic E-state index is 12.4. The Bertz CT molecular complexity index is 402. The number of alkyl halides is 6. The molecule has 1 aromatic heterocycles. The maximum Gasteiger partial charge on any atom is 0.422 e. The van der Waals surface area contributed by atoms with Crippen LogP contribution >= 0.6 is 15.9 Å². The third-order valence-corrected chi connectivity index (χ3v) is 2.30. The molecule has 0 aliphatic heterocycles. The number of nitrogens with zero attached hydrogens (tertiary/aromatic N) is 1. The van der Waals surface area contributed by atoms with Crippen molar-refractivity contribution >= 4 is 15.9 Å². The fraction of sp³-hybridized carbons (Fsp3) is 0.375. The first kappa shape index (κ1) is 14.1. The van der Waals surface area contributed by atoms with E-state index in [0.717, 1.165) is 6.20 Å². The van der Waals surface area contributed by atoms with Crippen LogP contribution < -0.4 is 4.74 Å². The van der Waals surface area contributed by atoms with Crippen LogP contribution in [0.1, 0.15) is 5.56 Å². The quantitative estimate of drug-likeness (QED) is 0.772. The molecule has 0 aromatic carbocycles. The summed E-state index contributed by atoms with van der Waals surface area (Å²) < 4.78 is 76.1. The summed E-state index contributed by atoms with van der Waals surface area (Å²) in [5.74, 6) is -0.753. The van der Waals surface area contributed by atoms with Crippen LogP contribution in [0.4, 0.5) is 26.3 Å². The number of rotatable bonds is 2. The lowest BCUT2D eigenvalue weighted by molar-refractivity contribution is -0.154. The van der Waals surface area contributed by atoms with Crippen molar-refractivity contribution in [3.63, 3.8) is 0 Å². The van der Waals surface area contributed by atoms with Crippen LogP contribution in [0.2, 0.25) is 0 Å². The molecule has 9 heteroatoms. The molecule has 0 unspecified atom stereocenters. The van der Waals surface area contributed by atoms with Crippen LogP contribution in [-0.4, -0.2) is 17.8 Å². The standard InChI is InChI=1S/C8H4BrF6NO/c9-5-4(8(13,14)15)1-2-16-6(5)17-3-7(10,11)12/h1-2H,3H2. The summed E-state index contributed by atoms with van der Waals surface area (Å²) in [7, 11) is 0. The van der Waals surface area contributed by atoms with Crippen LogP contribution in [0.25, 0.3) is 0 Å². The van der Waals surface area contributed by atoms with Crippen LogP contribution in [0.15, 0.2) is 16.7 Å². The highest BCUT2D eigenvalue weighted by Crippen LogP contribution is 2.38. The van der Waals surface area contributed by atoms with Crippen LogP contribution in [0.5, 0.6) is 5.88 Å². The Morgan fingerprint density at radius 2 is 1.76 bits per heavy atom. The van der Waals surface area contributed by atoms with Crippen LogP contribution in [-0.2, 0) is 6.18 Å². The monoisotopic (exact) mass is 323 g/mol. The smallest absolute Gasteiger partial charge is 0.422 e. The Hall–Kier alpha value is -0.990. The van der Waals surface area contributed by atoms with Crippen molar-refractivity contribution in [2.24, 2.45) is 0 Å². The Labute approximate surface area is 99.7 Å². The molecule has 0 spiro atoms. The SMILES string of the molecule is FC(F)(F)COc1nccc(C(F)(F)F)c1Br. The summed E-state index contributed by atoms with van der Waals surface area (Å²) >= 11 is 2.51. The van der Waals surface area contributed by atoms with Gasteiger partial charge in [0.15, 0.2) is 6.61 Å². The first-order valence-corrected chi connectivity index (χ1v) is 4.82. The summed E-state index contributed by atoms with van der Waals surface area (Å²) in [4.78, 5) is 3.29. The molecule has 2 nitrogen and oxygen atoms in total. The minimum Gasteiger partial charge on any atom is -0.467 e. The molecule has 0 atom stereocenters. The zero-order valence-electron chi connectivity index (χ0n) is 7.86. The molecule has 0 bridgehead atoms. The molecular formula is C8H4BrF6NO. The molecule has 0 N–H and O–H groups in total. The van der Waals surface area contributed by atoms with Gasteiger partial charge in [0, 0.05) is 6.20 Å². The van der Waals surface area contributed by atoms with Gasteiger partial charge in [0.2, 0.25) is 5.88 Å². The van der Waals surface area contributed by atoms with Crippen LogP contribution in [0.3, 0.4) is 0 Å². The highest BCUT2D eigenvalue weighted by Gasteiger charge is 2.35. The van der Waals surface area contributed by atoms with Crippen LogP contribution in [0, 0.1) is 0 Å². The van der Waals surface area contributed by atoms with Gasteiger partial charge < -0.3 is 4.74 Å². The third kappa shape index (κ3) is 4.06.